The molecule has 2 fully saturated rings. The van der Waals surface area contributed by atoms with E-state index in [2.05, 4.69) is 35.7 Å². The molecule has 2 aliphatic heterocycles. The number of nitriles is 1. The Kier molecular flexibility index (Phi) is 7.76. The standard InChI is InChI=1S/C17H21N3OS2.ClH/c18-9-14-10-22-12-20(14)17(21)15-11-23-16(19-15)8-4-7-13-5-2-1-3-6-13;/h1-3,5-6,14-16,19H,4,7-8,10-12H2;1H/t14-,15+,16?;/m1./s1. The van der Waals surface area contributed by atoms with Crippen molar-refractivity contribution in [1.29, 1.82) is 5.26 Å². The highest BCUT2D eigenvalue weighted by Crippen LogP contribution is 2.27. The molecule has 3 rings (SSSR count). The second kappa shape index (κ2) is 9.57. The number of carbonyl (C=O) groups excluding carboxylic acids is 1. The number of thioether (sulfide) groups is 2. The number of hydrogen-bond donors (Lipinski definition) is 1. The highest BCUT2D eigenvalue weighted by atomic mass is 35.5. The Balaban J connectivity index is 0.00000208. The van der Waals surface area contributed by atoms with Crippen LogP contribution in [0.1, 0.15) is 18.4 Å². The average molecular weight is 384 g/mol. The van der Waals surface area contributed by atoms with Crippen molar-refractivity contribution in [2.45, 2.75) is 36.7 Å². The van der Waals surface area contributed by atoms with Crippen LogP contribution in [0.25, 0.3) is 0 Å². The quantitative estimate of drug-likeness (QED) is 0.847. The molecule has 1 N–H and O–H groups in total. The molecule has 1 unspecified atom stereocenters. The predicted molar refractivity (Wildman–Crippen MR) is 103 cm³/mol. The van der Waals surface area contributed by atoms with E-state index in [-0.39, 0.29) is 30.4 Å². The summed E-state index contributed by atoms with van der Waals surface area (Å²) in [6.45, 7) is 0. The molecule has 0 radical (unpaired) electrons. The third kappa shape index (κ3) is 4.82. The van der Waals surface area contributed by atoms with Crippen molar-refractivity contribution in [1.82, 2.24) is 10.2 Å². The summed E-state index contributed by atoms with van der Waals surface area (Å²) >= 11 is 3.50. The number of halogens is 1. The van der Waals surface area contributed by atoms with Crippen molar-refractivity contribution in [2.24, 2.45) is 0 Å². The minimum atomic E-state index is -0.253. The fourth-order valence-corrected chi connectivity index (χ4v) is 5.29. The second-order valence-electron chi connectivity index (χ2n) is 5.87. The smallest absolute Gasteiger partial charge is 0.242 e. The third-order valence-corrected chi connectivity index (χ3v) is 6.55. The maximum absolute atomic E-state index is 12.5. The van der Waals surface area contributed by atoms with Gasteiger partial charge in [-0.1, -0.05) is 30.3 Å². The monoisotopic (exact) mass is 383 g/mol. The van der Waals surface area contributed by atoms with Gasteiger partial charge in [-0.15, -0.1) is 35.9 Å². The van der Waals surface area contributed by atoms with Crippen molar-refractivity contribution in [3.63, 3.8) is 0 Å². The Morgan fingerprint density at radius 1 is 1.33 bits per heavy atom. The van der Waals surface area contributed by atoms with Gasteiger partial charge in [-0.2, -0.15) is 5.26 Å². The lowest BCUT2D eigenvalue weighted by Gasteiger charge is -2.22. The summed E-state index contributed by atoms with van der Waals surface area (Å²) in [6, 6.07) is 12.4. The zero-order valence-corrected chi connectivity index (χ0v) is 15.8. The summed E-state index contributed by atoms with van der Waals surface area (Å²) in [5, 5.41) is 12.9. The molecule has 1 amide bonds. The maximum Gasteiger partial charge on any atom is 0.242 e. The van der Waals surface area contributed by atoms with Crippen molar-refractivity contribution < 1.29 is 4.79 Å². The van der Waals surface area contributed by atoms with Crippen LogP contribution in [0, 0.1) is 11.3 Å². The van der Waals surface area contributed by atoms with E-state index in [0.717, 1.165) is 30.8 Å². The maximum atomic E-state index is 12.5. The average Bonchev–Trinajstić information content (AvgIpc) is 3.24. The van der Waals surface area contributed by atoms with E-state index < -0.39 is 0 Å². The van der Waals surface area contributed by atoms with Crippen LogP contribution in [-0.4, -0.2) is 45.6 Å². The largest absolute Gasteiger partial charge is 0.315 e. The molecule has 0 bridgehead atoms. The van der Waals surface area contributed by atoms with Crippen LogP contribution in [0.15, 0.2) is 30.3 Å². The van der Waals surface area contributed by atoms with E-state index >= 15 is 0 Å². The molecule has 1 aromatic rings. The topological polar surface area (TPSA) is 56.1 Å². The van der Waals surface area contributed by atoms with E-state index in [1.807, 2.05) is 17.8 Å². The third-order valence-electron chi connectivity index (χ3n) is 4.24. The van der Waals surface area contributed by atoms with Gasteiger partial charge in [-0.05, 0) is 24.8 Å². The van der Waals surface area contributed by atoms with Crippen LogP contribution >= 0.6 is 35.9 Å². The van der Waals surface area contributed by atoms with Crippen LogP contribution in [0.3, 0.4) is 0 Å². The molecule has 0 spiro atoms. The molecule has 130 valence electrons. The van der Waals surface area contributed by atoms with Gasteiger partial charge in [-0.3, -0.25) is 10.1 Å². The first kappa shape index (κ1) is 19.5. The zero-order chi connectivity index (χ0) is 16.1. The van der Waals surface area contributed by atoms with E-state index in [9.17, 15) is 4.79 Å². The lowest BCUT2D eigenvalue weighted by molar-refractivity contribution is -0.132. The number of aryl methyl sites for hydroxylation is 1. The molecule has 0 aliphatic carbocycles. The van der Waals surface area contributed by atoms with Gasteiger partial charge in [0.15, 0.2) is 0 Å². The minimum absolute atomic E-state index is 0. The molecule has 0 saturated carbocycles. The summed E-state index contributed by atoms with van der Waals surface area (Å²) in [7, 11) is 0. The molecule has 2 heterocycles. The molecule has 7 heteroatoms. The van der Waals surface area contributed by atoms with Gasteiger partial charge >= 0.3 is 0 Å². The Hall–Kier alpha value is -0.870. The number of amides is 1. The summed E-state index contributed by atoms with van der Waals surface area (Å²) < 4.78 is 0. The SMILES string of the molecule is Cl.N#C[C@@H]1CSCN1C(=O)[C@@H]1CSC(CCCc2ccccc2)N1. The van der Waals surface area contributed by atoms with Gasteiger partial charge in [-0.25, -0.2) is 0 Å². The van der Waals surface area contributed by atoms with E-state index in [1.54, 1.807) is 16.7 Å². The molecule has 1 aromatic carbocycles. The van der Waals surface area contributed by atoms with Gasteiger partial charge in [0.2, 0.25) is 5.91 Å². The van der Waals surface area contributed by atoms with Crippen LogP contribution in [0.5, 0.6) is 0 Å². The van der Waals surface area contributed by atoms with Crippen LogP contribution in [-0.2, 0) is 11.2 Å². The molecule has 2 saturated heterocycles. The fraction of sp³-hybridized carbons (Fsp3) is 0.529. The van der Waals surface area contributed by atoms with Crippen LogP contribution < -0.4 is 5.32 Å². The lowest BCUT2D eigenvalue weighted by Crippen LogP contribution is -2.48. The Bertz CT molecular complexity index is 581. The highest BCUT2D eigenvalue weighted by Gasteiger charge is 2.37. The van der Waals surface area contributed by atoms with Crippen molar-refractivity contribution in [2.75, 3.05) is 17.4 Å². The fourth-order valence-electron chi connectivity index (χ4n) is 2.95. The first-order valence-corrected chi connectivity index (χ1v) is 10.2. The molecule has 3 atom stereocenters. The molecule has 2 aliphatic rings. The Morgan fingerprint density at radius 3 is 2.88 bits per heavy atom. The molecule has 24 heavy (non-hydrogen) atoms. The van der Waals surface area contributed by atoms with Gasteiger partial charge in [0.05, 0.1) is 23.4 Å². The highest BCUT2D eigenvalue weighted by molar-refractivity contribution is 8.00. The lowest BCUT2D eigenvalue weighted by atomic mass is 10.1. The van der Waals surface area contributed by atoms with E-state index in [4.69, 9.17) is 5.26 Å². The molecule has 0 aromatic heterocycles. The summed E-state index contributed by atoms with van der Waals surface area (Å²) in [4.78, 5) is 14.3. The normalized spacial score (nSPS) is 26.0. The van der Waals surface area contributed by atoms with Crippen molar-refractivity contribution in [3.8, 4) is 6.07 Å². The Labute approximate surface area is 158 Å². The van der Waals surface area contributed by atoms with Gasteiger partial charge in [0.25, 0.3) is 0 Å². The minimum Gasteiger partial charge on any atom is -0.315 e. The van der Waals surface area contributed by atoms with Gasteiger partial charge in [0, 0.05) is 11.5 Å². The predicted octanol–water partition coefficient (Wildman–Crippen LogP) is 2.89. The molecular weight excluding hydrogens is 362 g/mol. The van der Waals surface area contributed by atoms with E-state index in [1.165, 1.54) is 5.56 Å². The zero-order valence-electron chi connectivity index (χ0n) is 13.4. The summed E-state index contributed by atoms with van der Waals surface area (Å²) in [5.41, 5.74) is 1.37. The number of nitrogens with zero attached hydrogens (tertiary/aromatic N) is 2. The Morgan fingerprint density at radius 2 is 2.12 bits per heavy atom. The summed E-state index contributed by atoms with van der Waals surface area (Å²) in [5.74, 6) is 2.30. The first-order valence-electron chi connectivity index (χ1n) is 7.97. The van der Waals surface area contributed by atoms with Gasteiger partial charge in [0.1, 0.15) is 6.04 Å². The van der Waals surface area contributed by atoms with Crippen LogP contribution in [0.4, 0.5) is 0 Å². The summed E-state index contributed by atoms with van der Waals surface area (Å²) in [6.07, 6.45) is 3.27. The number of nitrogens with one attached hydrogen (secondary N) is 1. The van der Waals surface area contributed by atoms with Crippen molar-refractivity contribution >= 4 is 41.8 Å². The number of hydrogen-bond acceptors (Lipinski definition) is 5. The number of benzene rings is 1. The van der Waals surface area contributed by atoms with Crippen molar-refractivity contribution in [3.05, 3.63) is 35.9 Å². The number of rotatable bonds is 5. The molecule has 4 nitrogen and oxygen atoms in total. The number of carbonyl (C=O) groups is 1. The van der Waals surface area contributed by atoms with E-state index in [0.29, 0.717) is 11.3 Å². The van der Waals surface area contributed by atoms with Gasteiger partial charge < -0.3 is 4.90 Å². The van der Waals surface area contributed by atoms with Crippen LogP contribution in [0.2, 0.25) is 0 Å². The molecular formula is C17H22ClN3OS2. The first-order chi connectivity index (χ1) is 11.3. The second-order valence-corrected chi connectivity index (χ2v) is 8.11.